The molecule has 27 heavy (non-hydrogen) atoms. The van der Waals surface area contributed by atoms with Gasteiger partial charge < -0.3 is 4.74 Å². The molecule has 1 N–H and O–H groups in total. The Labute approximate surface area is 156 Å². The fourth-order valence-corrected chi connectivity index (χ4v) is 2.47. The first-order valence-electron chi connectivity index (χ1n) is 8.40. The summed E-state index contributed by atoms with van der Waals surface area (Å²) >= 11 is 0. The molecule has 0 saturated carbocycles. The summed E-state index contributed by atoms with van der Waals surface area (Å²) < 4.78 is 44.2. The van der Waals surface area contributed by atoms with E-state index in [2.05, 4.69) is 10.5 Å². The number of rotatable bonds is 6. The van der Waals surface area contributed by atoms with Crippen LogP contribution in [0, 0.1) is 6.92 Å². The highest BCUT2D eigenvalue weighted by molar-refractivity contribution is 5.84. The second-order valence-corrected chi connectivity index (χ2v) is 6.36. The van der Waals surface area contributed by atoms with Crippen molar-refractivity contribution in [2.75, 3.05) is 6.61 Å². The minimum Gasteiger partial charge on any atom is -0.483 e. The van der Waals surface area contributed by atoms with E-state index < -0.39 is 17.6 Å². The number of hydrogen-bond acceptors (Lipinski definition) is 3. The minimum atomic E-state index is -4.49. The highest BCUT2D eigenvalue weighted by Gasteiger charge is 2.32. The molecule has 4 nitrogen and oxygen atoms in total. The summed E-state index contributed by atoms with van der Waals surface area (Å²) in [5, 5.41) is 3.60. The molecule has 0 aliphatic heterocycles. The van der Waals surface area contributed by atoms with E-state index in [-0.39, 0.29) is 18.1 Å². The van der Waals surface area contributed by atoms with Gasteiger partial charge in [-0.2, -0.15) is 18.3 Å². The summed E-state index contributed by atoms with van der Waals surface area (Å²) in [5.74, 6) is 0.253. The number of halogens is 3. The van der Waals surface area contributed by atoms with Crippen molar-refractivity contribution >= 4 is 12.1 Å². The molecule has 2 aromatic carbocycles. The molecule has 0 spiro atoms. The van der Waals surface area contributed by atoms with E-state index in [1.165, 1.54) is 18.2 Å². The van der Waals surface area contributed by atoms with E-state index in [0.717, 1.165) is 23.4 Å². The molecule has 0 heterocycles. The highest BCUT2D eigenvalue weighted by Crippen LogP contribution is 2.31. The number of nitrogens with zero attached hydrogens (tertiary/aromatic N) is 1. The monoisotopic (exact) mass is 378 g/mol. The van der Waals surface area contributed by atoms with Crippen LogP contribution in [0.4, 0.5) is 13.2 Å². The van der Waals surface area contributed by atoms with E-state index in [9.17, 15) is 18.0 Å². The van der Waals surface area contributed by atoms with Crippen molar-refractivity contribution in [1.82, 2.24) is 5.43 Å². The van der Waals surface area contributed by atoms with Crippen LogP contribution in [0.5, 0.6) is 5.75 Å². The number of benzene rings is 2. The summed E-state index contributed by atoms with van der Waals surface area (Å²) in [6.07, 6.45) is -3.53. The number of amides is 1. The maximum Gasteiger partial charge on any atom is 0.417 e. The first-order chi connectivity index (χ1) is 12.7. The molecule has 2 rings (SSSR count). The Balaban J connectivity index is 1.97. The lowest BCUT2D eigenvalue weighted by Gasteiger charge is -2.14. The first kappa shape index (κ1) is 20.5. The molecule has 0 aliphatic carbocycles. The number of alkyl halides is 3. The quantitative estimate of drug-likeness (QED) is 0.587. The van der Waals surface area contributed by atoms with Gasteiger partial charge in [-0.3, -0.25) is 4.79 Å². The molecular formula is C20H21F3N2O2. The van der Waals surface area contributed by atoms with Crippen molar-refractivity contribution < 1.29 is 22.7 Å². The van der Waals surface area contributed by atoms with Gasteiger partial charge in [0.1, 0.15) is 5.75 Å². The Morgan fingerprint density at radius 1 is 1.22 bits per heavy atom. The topological polar surface area (TPSA) is 50.7 Å². The Hall–Kier alpha value is -2.83. The largest absolute Gasteiger partial charge is 0.483 e. The third-order valence-electron chi connectivity index (χ3n) is 3.81. The van der Waals surface area contributed by atoms with Crippen LogP contribution in [0.1, 0.15) is 42.0 Å². The Morgan fingerprint density at radius 3 is 2.59 bits per heavy atom. The van der Waals surface area contributed by atoms with Crippen LogP contribution in [0.3, 0.4) is 0 Å². The predicted octanol–water partition coefficient (Wildman–Crippen LogP) is 4.67. The summed E-state index contributed by atoms with van der Waals surface area (Å²) in [4.78, 5) is 11.9. The maximum atomic E-state index is 12.9. The molecule has 0 saturated heterocycles. The van der Waals surface area contributed by atoms with E-state index in [4.69, 9.17) is 4.74 Å². The summed E-state index contributed by atoms with van der Waals surface area (Å²) in [7, 11) is 0. The van der Waals surface area contributed by atoms with Crippen molar-refractivity contribution in [2.24, 2.45) is 5.10 Å². The van der Waals surface area contributed by atoms with Gasteiger partial charge in [-0.05, 0) is 30.5 Å². The number of hydrogen-bond donors (Lipinski definition) is 1. The van der Waals surface area contributed by atoms with Gasteiger partial charge in [0.05, 0.1) is 11.8 Å². The molecule has 7 heteroatoms. The van der Waals surface area contributed by atoms with Gasteiger partial charge in [-0.15, -0.1) is 0 Å². The minimum absolute atomic E-state index is 0.133. The summed E-state index contributed by atoms with van der Waals surface area (Å²) in [6, 6.07) is 10.6. The molecule has 0 fully saturated rings. The average Bonchev–Trinajstić information content (AvgIpc) is 2.60. The zero-order chi connectivity index (χ0) is 20.0. The van der Waals surface area contributed by atoms with E-state index in [1.54, 1.807) is 6.07 Å². The number of nitrogens with one attached hydrogen (secondary N) is 1. The van der Waals surface area contributed by atoms with Crippen LogP contribution in [-0.2, 0) is 11.0 Å². The summed E-state index contributed by atoms with van der Waals surface area (Å²) in [5.41, 5.74) is 3.29. The number of ether oxygens (including phenoxy) is 1. The molecule has 144 valence electrons. The molecule has 2 aromatic rings. The van der Waals surface area contributed by atoms with Crippen LogP contribution in [0.15, 0.2) is 47.6 Å². The smallest absolute Gasteiger partial charge is 0.417 e. The average molecular weight is 378 g/mol. The highest BCUT2D eigenvalue weighted by atomic mass is 19.4. The lowest BCUT2D eigenvalue weighted by molar-refractivity contribution is -0.137. The van der Waals surface area contributed by atoms with Crippen molar-refractivity contribution in [3.8, 4) is 5.75 Å². The fourth-order valence-electron chi connectivity index (χ4n) is 2.47. The second-order valence-electron chi connectivity index (χ2n) is 6.36. The Bertz CT molecular complexity index is 830. The molecule has 0 radical (unpaired) electrons. The van der Waals surface area contributed by atoms with Crippen LogP contribution < -0.4 is 10.2 Å². The molecular weight excluding hydrogens is 357 g/mol. The fraction of sp³-hybridized carbons (Fsp3) is 0.300. The van der Waals surface area contributed by atoms with Crippen molar-refractivity contribution in [3.63, 3.8) is 0 Å². The van der Waals surface area contributed by atoms with E-state index >= 15 is 0 Å². The zero-order valence-corrected chi connectivity index (χ0v) is 15.3. The predicted molar refractivity (Wildman–Crippen MR) is 97.9 cm³/mol. The van der Waals surface area contributed by atoms with Crippen LogP contribution in [-0.4, -0.2) is 18.7 Å². The van der Waals surface area contributed by atoms with Gasteiger partial charge >= 0.3 is 6.18 Å². The van der Waals surface area contributed by atoms with Crippen molar-refractivity contribution in [2.45, 2.75) is 32.9 Å². The molecule has 0 bridgehead atoms. The normalized spacial score (nSPS) is 11.8. The van der Waals surface area contributed by atoms with Crippen molar-refractivity contribution in [3.05, 3.63) is 64.7 Å². The zero-order valence-electron chi connectivity index (χ0n) is 15.3. The third-order valence-corrected chi connectivity index (χ3v) is 3.81. The molecule has 0 atom stereocenters. The lowest BCUT2D eigenvalue weighted by atomic mass is 10.00. The lowest BCUT2D eigenvalue weighted by Crippen LogP contribution is -2.25. The number of aryl methyl sites for hydroxylation is 1. The standard InChI is InChI=1S/C20H21F3N2O2/c1-13(2)16-10-14(3)8-9-18(16)27-12-19(26)25-24-11-15-6-4-5-7-17(15)20(21,22)23/h4-11,13H,12H2,1-3H3,(H,25,26)/b24-11-. The van der Waals surface area contributed by atoms with Crippen molar-refractivity contribution in [1.29, 1.82) is 0 Å². The Morgan fingerprint density at radius 2 is 1.93 bits per heavy atom. The van der Waals surface area contributed by atoms with Crippen LogP contribution >= 0.6 is 0 Å². The molecule has 0 aromatic heterocycles. The van der Waals surface area contributed by atoms with Gasteiger partial charge in [0, 0.05) is 5.56 Å². The van der Waals surface area contributed by atoms with E-state index in [1.807, 2.05) is 32.9 Å². The number of hydrazone groups is 1. The van der Waals surface area contributed by atoms with Crippen LogP contribution in [0.2, 0.25) is 0 Å². The van der Waals surface area contributed by atoms with Gasteiger partial charge in [0.15, 0.2) is 6.61 Å². The van der Waals surface area contributed by atoms with E-state index in [0.29, 0.717) is 5.75 Å². The first-order valence-corrected chi connectivity index (χ1v) is 8.40. The van der Waals surface area contributed by atoms with Gasteiger partial charge in [0.2, 0.25) is 0 Å². The van der Waals surface area contributed by atoms with Crippen LogP contribution in [0.25, 0.3) is 0 Å². The second kappa shape index (κ2) is 8.70. The molecule has 0 aliphatic rings. The SMILES string of the molecule is Cc1ccc(OCC(=O)N/N=C\c2ccccc2C(F)(F)F)c(C(C)C)c1. The Kier molecular flexibility index (Phi) is 6.60. The van der Waals surface area contributed by atoms with Gasteiger partial charge in [-0.25, -0.2) is 5.43 Å². The maximum absolute atomic E-state index is 12.9. The third kappa shape index (κ3) is 5.84. The molecule has 0 unspecified atom stereocenters. The molecule has 1 amide bonds. The van der Waals surface area contributed by atoms with Gasteiger partial charge in [0.25, 0.3) is 5.91 Å². The summed E-state index contributed by atoms with van der Waals surface area (Å²) in [6.45, 7) is 5.71. The number of carbonyl (C=O) groups excluding carboxylic acids is 1. The van der Waals surface area contributed by atoms with Gasteiger partial charge in [-0.1, -0.05) is 49.7 Å². The number of carbonyl (C=O) groups is 1.